The molecule has 0 heterocycles. The van der Waals surface area contributed by atoms with Crippen molar-refractivity contribution in [2.45, 2.75) is 40.1 Å². The summed E-state index contributed by atoms with van der Waals surface area (Å²) in [6, 6.07) is 0. The fraction of sp³-hybridized carbons (Fsp3) is 0.467. The van der Waals surface area contributed by atoms with Gasteiger partial charge in [-0.2, -0.15) is 0 Å². The summed E-state index contributed by atoms with van der Waals surface area (Å²) >= 11 is -1.87. The van der Waals surface area contributed by atoms with Crippen LogP contribution in [0.2, 0.25) is 33.7 Å². The molecule has 0 atom stereocenters. The Kier molecular flexibility index (Phi) is 5.40. The van der Waals surface area contributed by atoms with E-state index in [1.807, 2.05) is 0 Å². The third-order valence-corrected chi connectivity index (χ3v) is 24.1. The van der Waals surface area contributed by atoms with E-state index in [1.165, 1.54) is 20.5 Å². The number of hydrogen-bond acceptors (Lipinski definition) is 0. The Morgan fingerprint density at radius 1 is 1.24 bits per heavy atom. The van der Waals surface area contributed by atoms with E-state index in [4.69, 9.17) is 0 Å². The second-order valence-electron chi connectivity index (χ2n) is 5.52. The van der Waals surface area contributed by atoms with E-state index in [9.17, 15) is 0 Å². The molecule has 0 nitrogen and oxygen atoms in total. The van der Waals surface area contributed by atoms with Gasteiger partial charge in [0.15, 0.2) is 0 Å². The van der Waals surface area contributed by atoms with Gasteiger partial charge < -0.3 is 0 Å². The van der Waals surface area contributed by atoms with Crippen LogP contribution in [0.4, 0.5) is 0 Å². The summed E-state index contributed by atoms with van der Waals surface area (Å²) < 4.78 is 3.27. The Morgan fingerprint density at radius 3 is 2.18 bits per heavy atom. The van der Waals surface area contributed by atoms with Crippen molar-refractivity contribution >= 4 is 8.07 Å². The molecule has 0 unspecified atom stereocenters. The number of rotatable bonds is 7. The average molecular weight is 430 g/mol. The van der Waals surface area contributed by atoms with E-state index in [1.54, 1.807) is 3.96 Å². The summed E-state index contributed by atoms with van der Waals surface area (Å²) in [5.41, 5.74) is 0. The molecule has 2 heteroatoms. The molecule has 17 heavy (non-hydrogen) atoms. The summed E-state index contributed by atoms with van der Waals surface area (Å²) in [4.78, 5) is 2.52. The van der Waals surface area contributed by atoms with Gasteiger partial charge in [-0.05, 0) is 0 Å². The van der Waals surface area contributed by atoms with Crippen molar-refractivity contribution in [1.29, 1.82) is 0 Å². The van der Waals surface area contributed by atoms with E-state index in [-0.39, 0.29) is 0 Å². The Hall–Kier alpha value is -0.135. The van der Waals surface area contributed by atoms with Gasteiger partial charge in [0.25, 0.3) is 0 Å². The monoisotopic (exact) mass is 429 g/mol. The summed E-state index contributed by atoms with van der Waals surface area (Å²) in [6.07, 6.45) is 12.5. The van der Waals surface area contributed by atoms with Gasteiger partial charge in [0.2, 0.25) is 0 Å². The second kappa shape index (κ2) is 6.16. The maximum atomic E-state index is 4.01. The standard InChI is InChI=1S/C5H5.C4H11Si.2C3H5.Pt/c1-2-4-5-3-1;1-5(2,3)4;2*1-3-2;/h1-3H,4H2;1H2,2-4H3;2*3H,1-2H2;. The van der Waals surface area contributed by atoms with Gasteiger partial charge >= 0.3 is 112 Å². The van der Waals surface area contributed by atoms with Gasteiger partial charge in [-0.3, -0.25) is 0 Å². The predicted molar refractivity (Wildman–Crippen MR) is 80.0 cm³/mol. The zero-order chi connectivity index (χ0) is 12.9. The first-order valence-corrected chi connectivity index (χ1v) is 15.7. The number of allylic oxidation sites excluding steroid dienone is 6. The third-order valence-electron chi connectivity index (χ3n) is 2.36. The Balaban J connectivity index is 3.02. The molecule has 0 N–H and O–H groups in total. The molecule has 0 amide bonds. The second-order valence-corrected chi connectivity index (χ2v) is 22.4. The number of hydrogen-bond donors (Lipinski definition) is 0. The van der Waals surface area contributed by atoms with Crippen molar-refractivity contribution in [3.8, 4) is 0 Å². The van der Waals surface area contributed by atoms with Crippen molar-refractivity contribution < 1.29 is 16.1 Å². The minimum atomic E-state index is -1.87. The van der Waals surface area contributed by atoms with Gasteiger partial charge in [-0.1, -0.05) is 0 Å². The molecule has 0 aromatic carbocycles. The van der Waals surface area contributed by atoms with Gasteiger partial charge in [0.1, 0.15) is 0 Å². The molecular formula is C15H26PtSi. The predicted octanol–water partition coefficient (Wildman–Crippen LogP) is 5.49. The van der Waals surface area contributed by atoms with E-state index in [0.29, 0.717) is 0 Å². The molecule has 0 saturated heterocycles. The van der Waals surface area contributed by atoms with Gasteiger partial charge in [-0.25, -0.2) is 0 Å². The Morgan fingerprint density at radius 2 is 1.82 bits per heavy atom. The molecule has 0 aromatic rings. The van der Waals surface area contributed by atoms with Crippen LogP contribution in [0.15, 0.2) is 47.5 Å². The van der Waals surface area contributed by atoms with Crippen LogP contribution < -0.4 is 0 Å². The first kappa shape index (κ1) is 14.9. The van der Waals surface area contributed by atoms with E-state index >= 15 is 0 Å². The molecule has 0 radical (unpaired) electrons. The van der Waals surface area contributed by atoms with Crippen LogP contribution in [0.3, 0.4) is 0 Å². The Bertz CT molecular complexity index is 334. The first-order valence-electron chi connectivity index (χ1n) is 6.03. The van der Waals surface area contributed by atoms with Crippen molar-refractivity contribution in [1.82, 2.24) is 0 Å². The van der Waals surface area contributed by atoms with Gasteiger partial charge in [-0.15, -0.1) is 0 Å². The molecule has 100 valence electrons. The molecule has 0 aliphatic heterocycles. The summed E-state index contributed by atoms with van der Waals surface area (Å²) in [5.74, 6) is 0. The zero-order valence-electron chi connectivity index (χ0n) is 11.4. The van der Waals surface area contributed by atoms with Crippen LogP contribution in [-0.4, -0.2) is 8.07 Å². The first-order chi connectivity index (χ1) is 7.93. The van der Waals surface area contributed by atoms with Crippen LogP contribution in [0, 0.1) is 0 Å². The third kappa shape index (κ3) is 4.23. The molecule has 1 aliphatic rings. The van der Waals surface area contributed by atoms with Crippen molar-refractivity contribution in [2.24, 2.45) is 0 Å². The average Bonchev–Trinajstić information content (AvgIpc) is 2.68. The molecule has 1 aliphatic carbocycles. The van der Waals surface area contributed by atoms with E-state index < -0.39 is 24.1 Å². The van der Waals surface area contributed by atoms with Crippen LogP contribution in [0.25, 0.3) is 0 Å². The van der Waals surface area contributed by atoms with E-state index in [0.717, 1.165) is 0 Å². The van der Waals surface area contributed by atoms with Crippen molar-refractivity contribution in [3.05, 3.63) is 47.5 Å². The maximum absolute atomic E-state index is 4.01. The molecule has 0 aromatic heterocycles. The van der Waals surface area contributed by atoms with Crippen LogP contribution in [-0.2, 0) is 16.1 Å². The Labute approximate surface area is 111 Å². The fourth-order valence-electron chi connectivity index (χ4n) is 2.03. The summed E-state index contributed by atoms with van der Waals surface area (Å²) in [7, 11) is -1.02. The SMILES string of the molecule is C=C[CH2][Pt]([CH2]C=C)([CH2][Si](C)(C)C)[C]1=CC=CC1. The molecule has 0 bridgehead atoms. The molecule has 0 saturated carbocycles. The summed E-state index contributed by atoms with van der Waals surface area (Å²) in [6.45, 7) is 15.5. The topological polar surface area (TPSA) is 0 Å². The van der Waals surface area contributed by atoms with Crippen molar-refractivity contribution in [3.63, 3.8) is 0 Å². The van der Waals surface area contributed by atoms with Crippen LogP contribution >= 0.6 is 0 Å². The van der Waals surface area contributed by atoms with Crippen molar-refractivity contribution in [2.75, 3.05) is 0 Å². The fourth-order valence-corrected chi connectivity index (χ4v) is 27.4. The normalized spacial score (nSPS) is 16.8. The van der Waals surface area contributed by atoms with Gasteiger partial charge in [0, 0.05) is 0 Å². The molecule has 0 fully saturated rings. The van der Waals surface area contributed by atoms with Crippen LogP contribution in [0.1, 0.15) is 6.42 Å². The molecule has 1 rings (SSSR count). The van der Waals surface area contributed by atoms with Crippen LogP contribution in [0.5, 0.6) is 0 Å². The van der Waals surface area contributed by atoms with Gasteiger partial charge in [0.05, 0.1) is 0 Å². The minimum absolute atomic E-state index is 1.02. The molecule has 0 spiro atoms. The summed E-state index contributed by atoms with van der Waals surface area (Å²) in [5, 5.41) is 0. The molecular weight excluding hydrogens is 403 g/mol. The van der Waals surface area contributed by atoms with E-state index in [2.05, 4.69) is 63.2 Å². The quantitative estimate of drug-likeness (QED) is 0.371. The zero-order valence-corrected chi connectivity index (χ0v) is 14.7.